The van der Waals surface area contributed by atoms with Crippen LogP contribution in [0, 0.1) is 5.92 Å². The Labute approximate surface area is 188 Å². The summed E-state index contributed by atoms with van der Waals surface area (Å²) in [4.78, 5) is 16.9. The molecule has 2 fully saturated rings. The molecule has 9 heteroatoms. The molecule has 0 radical (unpaired) electrons. The molecule has 31 heavy (non-hydrogen) atoms. The molecule has 2 aromatic rings. The summed E-state index contributed by atoms with van der Waals surface area (Å²) >= 11 is 1.23. The number of hydrogen-bond acceptors (Lipinski definition) is 6. The maximum absolute atomic E-state index is 12.4. The third-order valence-corrected chi connectivity index (χ3v) is 8.95. The quantitative estimate of drug-likeness (QED) is 0.628. The molecule has 168 valence electrons. The summed E-state index contributed by atoms with van der Waals surface area (Å²) < 4.78 is 27.9. The van der Waals surface area contributed by atoms with E-state index in [2.05, 4.69) is 44.1 Å². The first-order chi connectivity index (χ1) is 15.0. The Morgan fingerprint density at radius 1 is 1.03 bits per heavy atom. The van der Waals surface area contributed by atoms with E-state index in [0.29, 0.717) is 36.1 Å². The van der Waals surface area contributed by atoms with Gasteiger partial charge in [0.25, 0.3) is 0 Å². The van der Waals surface area contributed by atoms with Gasteiger partial charge in [-0.15, -0.1) is 11.3 Å². The molecule has 2 N–H and O–H groups in total. The van der Waals surface area contributed by atoms with E-state index in [9.17, 15) is 13.2 Å². The zero-order valence-electron chi connectivity index (χ0n) is 17.6. The Kier molecular flexibility index (Phi) is 7.27. The zero-order chi connectivity index (χ0) is 21.7. The van der Waals surface area contributed by atoms with Crippen LogP contribution in [0.5, 0.6) is 0 Å². The fourth-order valence-electron chi connectivity index (χ4n) is 4.29. The van der Waals surface area contributed by atoms with E-state index in [0.717, 1.165) is 32.6 Å². The van der Waals surface area contributed by atoms with Crippen molar-refractivity contribution in [2.75, 3.05) is 44.2 Å². The van der Waals surface area contributed by atoms with E-state index >= 15 is 0 Å². The maximum Gasteiger partial charge on any atom is 0.250 e. The van der Waals surface area contributed by atoms with Gasteiger partial charge in [-0.1, -0.05) is 24.3 Å². The molecule has 1 unspecified atom stereocenters. The van der Waals surface area contributed by atoms with Gasteiger partial charge in [-0.2, -0.15) is 0 Å². The molecular formula is C22H30N4O3S2. The van der Waals surface area contributed by atoms with Crippen LogP contribution in [0.3, 0.4) is 0 Å². The number of sulfonamides is 1. The fraction of sp³-hybridized carbons (Fsp3) is 0.500. The maximum atomic E-state index is 12.4. The van der Waals surface area contributed by atoms with Crippen molar-refractivity contribution in [3.63, 3.8) is 0 Å². The molecule has 0 aliphatic carbocycles. The van der Waals surface area contributed by atoms with E-state index in [1.54, 1.807) is 17.5 Å². The van der Waals surface area contributed by atoms with Gasteiger partial charge in [0.1, 0.15) is 4.21 Å². The van der Waals surface area contributed by atoms with Crippen molar-refractivity contribution in [3.05, 3.63) is 47.8 Å². The number of likely N-dealkylation sites (tertiary alicyclic amines) is 1. The van der Waals surface area contributed by atoms with E-state index in [-0.39, 0.29) is 11.9 Å². The highest BCUT2D eigenvalue weighted by Gasteiger charge is 2.27. The number of anilines is 1. The van der Waals surface area contributed by atoms with Crippen molar-refractivity contribution in [3.8, 4) is 0 Å². The van der Waals surface area contributed by atoms with Crippen LogP contribution in [0.25, 0.3) is 0 Å². The topological polar surface area (TPSA) is 81.8 Å². The van der Waals surface area contributed by atoms with Crippen LogP contribution < -0.4 is 14.9 Å². The van der Waals surface area contributed by atoms with Gasteiger partial charge in [0.15, 0.2) is 0 Å². The third kappa shape index (κ3) is 6.06. The minimum Gasteiger partial charge on any atom is -0.371 e. The van der Waals surface area contributed by atoms with E-state index in [4.69, 9.17) is 0 Å². The number of benzene rings is 1. The number of carbonyl (C=O) groups excluding carboxylic acids is 1. The summed E-state index contributed by atoms with van der Waals surface area (Å²) in [6.45, 7) is 4.52. The van der Waals surface area contributed by atoms with Crippen molar-refractivity contribution in [2.24, 2.45) is 5.92 Å². The van der Waals surface area contributed by atoms with Gasteiger partial charge in [0.2, 0.25) is 15.9 Å². The smallest absolute Gasteiger partial charge is 0.250 e. The number of hydrogen-bond donors (Lipinski definition) is 2. The highest BCUT2D eigenvalue weighted by molar-refractivity contribution is 7.91. The Morgan fingerprint density at radius 3 is 2.52 bits per heavy atom. The van der Waals surface area contributed by atoms with E-state index < -0.39 is 10.0 Å². The highest BCUT2D eigenvalue weighted by Crippen LogP contribution is 2.23. The number of nitrogens with zero attached hydrogens (tertiary/aromatic N) is 2. The minimum absolute atomic E-state index is 0.0516. The molecule has 1 atom stereocenters. The predicted molar refractivity (Wildman–Crippen MR) is 124 cm³/mol. The van der Waals surface area contributed by atoms with Gasteiger partial charge in [-0.25, -0.2) is 13.1 Å². The van der Waals surface area contributed by atoms with Crippen LogP contribution in [0.1, 0.15) is 19.3 Å². The first-order valence-corrected chi connectivity index (χ1v) is 13.2. The summed E-state index contributed by atoms with van der Waals surface area (Å²) in [6, 6.07) is 13.7. The van der Waals surface area contributed by atoms with E-state index in [1.165, 1.54) is 17.0 Å². The third-order valence-electron chi connectivity index (χ3n) is 6.03. The van der Waals surface area contributed by atoms with Gasteiger partial charge in [-0.3, -0.25) is 9.69 Å². The second-order valence-electron chi connectivity index (χ2n) is 8.34. The molecule has 0 spiro atoms. The minimum atomic E-state index is -3.43. The van der Waals surface area contributed by atoms with Crippen molar-refractivity contribution in [1.82, 2.24) is 14.9 Å². The zero-order valence-corrected chi connectivity index (χ0v) is 19.2. The molecule has 7 nitrogen and oxygen atoms in total. The van der Waals surface area contributed by atoms with E-state index in [1.807, 2.05) is 6.07 Å². The molecule has 3 heterocycles. The number of thiophene rings is 1. The number of piperidine rings is 1. The second kappa shape index (κ2) is 10.1. The normalized spacial score (nSPS) is 20.8. The predicted octanol–water partition coefficient (Wildman–Crippen LogP) is 2.13. The largest absolute Gasteiger partial charge is 0.371 e. The van der Waals surface area contributed by atoms with Crippen molar-refractivity contribution < 1.29 is 13.2 Å². The molecule has 1 amide bonds. The summed E-state index contributed by atoms with van der Waals surface area (Å²) in [7, 11) is -3.43. The van der Waals surface area contributed by atoms with Gasteiger partial charge in [-0.05, 0) is 48.8 Å². The lowest BCUT2D eigenvalue weighted by atomic mass is 10.1. The van der Waals surface area contributed by atoms with Crippen LogP contribution in [-0.4, -0.2) is 64.5 Å². The van der Waals surface area contributed by atoms with Crippen LogP contribution in [0.15, 0.2) is 52.1 Å². The first kappa shape index (κ1) is 22.3. The van der Waals surface area contributed by atoms with Crippen molar-refractivity contribution in [1.29, 1.82) is 0 Å². The molecule has 0 saturated carbocycles. The molecule has 0 bridgehead atoms. The van der Waals surface area contributed by atoms with Gasteiger partial charge < -0.3 is 10.2 Å². The average Bonchev–Trinajstić information content (AvgIpc) is 3.47. The Hall–Kier alpha value is -1.94. The summed E-state index contributed by atoms with van der Waals surface area (Å²) in [5, 5.41) is 4.86. The lowest BCUT2D eigenvalue weighted by molar-refractivity contribution is -0.122. The number of nitrogens with one attached hydrogen (secondary N) is 2. The Bertz CT molecular complexity index is 942. The number of rotatable bonds is 8. The second-order valence-corrected chi connectivity index (χ2v) is 11.2. The van der Waals surface area contributed by atoms with Crippen molar-refractivity contribution >= 4 is 33.0 Å². The highest BCUT2D eigenvalue weighted by atomic mass is 32.2. The summed E-state index contributed by atoms with van der Waals surface area (Å²) in [5.41, 5.74) is 1.24. The molecule has 4 rings (SSSR count). The number of para-hydroxylation sites is 1. The molecule has 2 saturated heterocycles. The number of carbonyl (C=O) groups is 1. The molecule has 1 aromatic heterocycles. The van der Waals surface area contributed by atoms with Gasteiger partial charge in [0, 0.05) is 44.5 Å². The molecule has 2 aliphatic rings. The Balaban J connectivity index is 1.15. The SMILES string of the molecule is O=C(CN1CCC(NS(=O)(=O)c2cccs2)CC1)NCC1CCN(c2ccccc2)C1. The molecular weight excluding hydrogens is 432 g/mol. The van der Waals surface area contributed by atoms with Crippen LogP contribution in [0.4, 0.5) is 5.69 Å². The Morgan fingerprint density at radius 2 is 1.81 bits per heavy atom. The average molecular weight is 463 g/mol. The van der Waals surface area contributed by atoms with Crippen LogP contribution in [0.2, 0.25) is 0 Å². The van der Waals surface area contributed by atoms with Crippen LogP contribution in [-0.2, 0) is 14.8 Å². The van der Waals surface area contributed by atoms with Crippen LogP contribution >= 0.6 is 11.3 Å². The summed E-state index contributed by atoms with van der Waals surface area (Å²) in [5.74, 6) is 0.525. The standard InChI is InChI=1S/C22H30N4O3S2/c27-21(23-15-18-8-13-26(16-18)20-5-2-1-3-6-20)17-25-11-9-19(10-12-25)24-31(28,29)22-7-4-14-30-22/h1-7,14,18-19,24H,8-13,15-17H2,(H,23,27). The van der Waals surface area contributed by atoms with Crippen molar-refractivity contribution in [2.45, 2.75) is 29.5 Å². The van der Waals surface area contributed by atoms with Gasteiger partial charge in [0.05, 0.1) is 6.54 Å². The lowest BCUT2D eigenvalue weighted by Crippen LogP contribution is -2.47. The lowest BCUT2D eigenvalue weighted by Gasteiger charge is -2.31. The monoisotopic (exact) mass is 462 g/mol. The van der Waals surface area contributed by atoms with Gasteiger partial charge >= 0.3 is 0 Å². The summed E-state index contributed by atoms with van der Waals surface area (Å²) in [6.07, 6.45) is 2.52. The first-order valence-electron chi connectivity index (χ1n) is 10.8. The molecule has 2 aliphatic heterocycles. The number of amides is 1. The fourth-order valence-corrected chi connectivity index (χ4v) is 6.61. The molecule has 1 aromatic carbocycles.